The van der Waals surface area contributed by atoms with Crippen LogP contribution in [0.15, 0.2) is 24.5 Å². The summed E-state index contributed by atoms with van der Waals surface area (Å²) in [5.74, 6) is 0.104. The van der Waals surface area contributed by atoms with E-state index in [2.05, 4.69) is 10.3 Å². The van der Waals surface area contributed by atoms with Gasteiger partial charge in [0.1, 0.15) is 0 Å². The van der Waals surface area contributed by atoms with E-state index in [-0.39, 0.29) is 5.91 Å². The highest BCUT2D eigenvalue weighted by atomic mass is 16.2. The van der Waals surface area contributed by atoms with Crippen molar-refractivity contribution in [3.8, 4) is 0 Å². The van der Waals surface area contributed by atoms with Gasteiger partial charge in [-0.1, -0.05) is 6.42 Å². The van der Waals surface area contributed by atoms with Crippen molar-refractivity contribution in [1.29, 1.82) is 0 Å². The van der Waals surface area contributed by atoms with Gasteiger partial charge in [0.2, 0.25) is 0 Å². The number of hydrogen-bond acceptors (Lipinski definition) is 3. The van der Waals surface area contributed by atoms with Crippen molar-refractivity contribution in [2.75, 3.05) is 19.6 Å². The number of amides is 1. The molecule has 4 heteroatoms. The second kappa shape index (κ2) is 6.50. The Morgan fingerprint density at radius 2 is 2.22 bits per heavy atom. The molecule has 0 bridgehead atoms. The third kappa shape index (κ3) is 3.29. The Hall–Kier alpha value is -1.42. The van der Waals surface area contributed by atoms with Crippen LogP contribution in [-0.2, 0) is 0 Å². The predicted octanol–water partition coefficient (Wildman–Crippen LogP) is 1.69. The Balaban J connectivity index is 1.97. The van der Waals surface area contributed by atoms with Crippen LogP contribution >= 0.6 is 0 Å². The van der Waals surface area contributed by atoms with Gasteiger partial charge in [0, 0.05) is 37.1 Å². The van der Waals surface area contributed by atoms with Crippen LogP contribution in [0.5, 0.6) is 0 Å². The molecule has 0 radical (unpaired) electrons. The molecule has 1 aromatic heterocycles. The molecule has 0 spiro atoms. The predicted molar refractivity (Wildman–Crippen MR) is 71.5 cm³/mol. The minimum Gasteiger partial charge on any atom is -0.337 e. The topological polar surface area (TPSA) is 45.2 Å². The van der Waals surface area contributed by atoms with Gasteiger partial charge in [-0.25, -0.2) is 0 Å². The first-order chi connectivity index (χ1) is 8.81. The average molecular weight is 247 g/mol. The normalized spacial score (nSPS) is 19.5. The number of carbonyl (C=O) groups is 1. The second-order valence-corrected chi connectivity index (χ2v) is 4.73. The van der Waals surface area contributed by atoms with E-state index in [0.717, 1.165) is 25.2 Å². The van der Waals surface area contributed by atoms with Crippen LogP contribution in [0.25, 0.3) is 0 Å². The summed E-state index contributed by atoms with van der Waals surface area (Å²) in [5, 5.41) is 3.48. The lowest BCUT2D eigenvalue weighted by molar-refractivity contribution is 0.0741. The van der Waals surface area contributed by atoms with Crippen LogP contribution in [0.3, 0.4) is 0 Å². The van der Waals surface area contributed by atoms with Crippen LogP contribution in [0.2, 0.25) is 0 Å². The van der Waals surface area contributed by atoms with Crippen molar-refractivity contribution in [2.24, 2.45) is 0 Å². The summed E-state index contributed by atoms with van der Waals surface area (Å²) < 4.78 is 0. The van der Waals surface area contributed by atoms with E-state index in [9.17, 15) is 4.79 Å². The molecule has 1 atom stereocenters. The van der Waals surface area contributed by atoms with Gasteiger partial charge in [0.25, 0.3) is 5.91 Å². The molecule has 18 heavy (non-hydrogen) atoms. The SMILES string of the molecule is CCN(CC1CCCCN1)C(=O)c1ccncc1. The maximum atomic E-state index is 12.3. The van der Waals surface area contributed by atoms with Crippen LogP contribution < -0.4 is 5.32 Å². The molecule has 0 saturated carbocycles. The standard InChI is InChI=1S/C14H21N3O/c1-2-17(11-13-5-3-4-8-16-13)14(18)12-6-9-15-10-7-12/h6-7,9-10,13,16H,2-5,8,11H2,1H3. The van der Waals surface area contributed by atoms with Gasteiger partial charge in [-0.3, -0.25) is 9.78 Å². The van der Waals surface area contributed by atoms with Crippen molar-refractivity contribution in [3.05, 3.63) is 30.1 Å². The lowest BCUT2D eigenvalue weighted by atomic mass is 10.0. The van der Waals surface area contributed by atoms with E-state index in [4.69, 9.17) is 0 Å². The van der Waals surface area contributed by atoms with Gasteiger partial charge in [0.15, 0.2) is 0 Å². The Morgan fingerprint density at radius 3 is 2.83 bits per heavy atom. The van der Waals surface area contributed by atoms with Crippen molar-refractivity contribution in [2.45, 2.75) is 32.2 Å². The first-order valence-electron chi connectivity index (χ1n) is 6.74. The number of piperidine rings is 1. The maximum Gasteiger partial charge on any atom is 0.254 e. The summed E-state index contributed by atoms with van der Waals surface area (Å²) in [5.41, 5.74) is 0.725. The molecule has 0 aromatic carbocycles. The molecule has 1 aliphatic rings. The number of nitrogens with one attached hydrogen (secondary N) is 1. The van der Waals surface area contributed by atoms with Crippen LogP contribution in [0.4, 0.5) is 0 Å². The third-order valence-corrected chi connectivity index (χ3v) is 3.45. The Labute approximate surface area is 108 Å². The van der Waals surface area contributed by atoms with E-state index in [1.807, 2.05) is 11.8 Å². The van der Waals surface area contributed by atoms with Crippen molar-refractivity contribution >= 4 is 5.91 Å². The van der Waals surface area contributed by atoms with E-state index >= 15 is 0 Å². The number of nitrogens with zero attached hydrogens (tertiary/aromatic N) is 2. The van der Waals surface area contributed by atoms with Crippen LogP contribution in [0, 0.1) is 0 Å². The number of aromatic nitrogens is 1. The summed E-state index contributed by atoms with van der Waals surface area (Å²) in [4.78, 5) is 18.2. The number of carbonyl (C=O) groups excluding carboxylic acids is 1. The highest BCUT2D eigenvalue weighted by Gasteiger charge is 2.20. The molecule has 1 aliphatic heterocycles. The monoisotopic (exact) mass is 247 g/mol. The average Bonchev–Trinajstić information content (AvgIpc) is 2.46. The molecule has 1 fully saturated rings. The Kier molecular flexibility index (Phi) is 4.70. The molecule has 1 amide bonds. The molecule has 1 aromatic rings. The minimum atomic E-state index is 0.104. The quantitative estimate of drug-likeness (QED) is 0.880. The Bertz CT molecular complexity index is 374. The lowest BCUT2D eigenvalue weighted by Gasteiger charge is -2.30. The molecule has 1 unspecified atom stereocenters. The molecule has 98 valence electrons. The summed E-state index contributed by atoms with van der Waals surface area (Å²) in [6.07, 6.45) is 7.01. The zero-order valence-corrected chi connectivity index (χ0v) is 10.9. The lowest BCUT2D eigenvalue weighted by Crippen LogP contribution is -2.45. The van der Waals surface area contributed by atoms with E-state index in [0.29, 0.717) is 6.04 Å². The number of likely N-dealkylation sites (N-methyl/N-ethyl adjacent to an activating group) is 1. The van der Waals surface area contributed by atoms with Crippen LogP contribution in [0.1, 0.15) is 36.5 Å². The number of hydrogen-bond donors (Lipinski definition) is 1. The zero-order chi connectivity index (χ0) is 12.8. The van der Waals surface area contributed by atoms with Gasteiger partial charge in [0.05, 0.1) is 0 Å². The molecule has 1 saturated heterocycles. The fourth-order valence-electron chi connectivity index (χ4n) is 2.38. The van der Waals surface area contributed by atoms with Gasteiger partial charge in [-0.2, -0.15) is 0 Å². The van der Waals surface area contributed by atoms with Crippen LogP contribution in [-0.4, -0.2) is 41.5 Å². The maximum absolute atomic E-state index is 12.3. The largest absolute Gasteiger partial charge is 0.337 e. The fourth-order valence-corrected chi connectivity index (χ4v) is 2.38. The van der Waals surface area contributed by atoms with E-state index in [1.54, 1.807) is 24.5 Å². The van der Waals surface area contributed by atoms with Gasteiger partial charge < -0.3 is 10.2 Å². The number of pyridine rings is 1. The van der Waals surface area contributed by atoms with E-state index in [1.165, 1.54) is 19.3 Å². The highest BCUT2D eigenvalue weighted by Crippen LogP contribution is 2.10. The molecule has 2 heterocycles. The zero-order valence-electron chi connectivity index (χ0n) is 10.9. The third-order valence-electron chi connectivity index (χ3n) is 3.45. The molecular formula is C14H21N3O. The number of rotatable bonds is 4. The van der Waals surface area contributed by atoms with Crippen molar-refractivity contribution in [3.63, 3.8) is 0 Å². The summed E-state index contributed by atoms with van der Waals surface area (Å²) in [7, 11) is 0. The molecule has 4 nitrogen and oxygen atoms in total. The summed E-state index contributed by atoms with van der Waals surface area (Å²) in [6.45, 7) is 4.66. The van der Waals surface area contributed by atoms with E-state index < -0.39 is 0 Å². The molecule has 0 aliphatic carbocycles. The fraction of sp³-hybridized carbons (Fsp3) is 0.571. The molecule has 2 rings (SSSR count). The molecular weight excluding hydrogens is 226 g/mol. The highest BCUT2D eigenvalue weighted by molar-refractivity contribution is 5.94. The van der Waals surface area contributed by atoms with Gasteiger partial charge in [-0.05, 0) is 38.4 Å². The Morgan fingerprint density at radius 1 is 1.44 bits per heavy atom. The van der Waals surface area contributed by atoms with Crippen molar-refractivity contribution < 1.29 is 4.79 Å². The smallest absolute Gasteiger partial charge is 0.254 e. The first kappa shape index (κ1) is 13.0. The second-order valence-electron chi connectivity index (χ2n) is 4.73. The van der Waals surface area contributed by atoms with Gasteiger partial charge >= 0.3 is 0 Å². The minimum absolute atomic E-state index is 0.104. The summed E-state index contributed by atoms with van der Waals surface area (Å²) in [6, 6.07) is 4.00. The van der Waals surface area contributed by atoms with Crippen molar-refractivity contribution in [1.82, 2.24) is 15.2 Å². The first-order valence-corrected chi connectivity index (χ1v) is 6.74. The van der Waals surface area contributed by atoms with Gasteiger partial charge in [-0.15, -0.1) is 0 Å². The molecule has 1 N–H and O–H groups in total. The summed E-state index contributed by atoms with van der Waals surface area (Å²) >= 11 is 0.